The van der Waals surface area contributed by atoms with E-state index < -0.39 is 0 Å². The van der Waals surface area contributed by atoms with E-state index in [0.29, 0.717) is 26.2 Å². The Labute approximate surface area is 194 Å². The zero-order valence-corrected chi connectivity index (χ0v) is 19.8. The fourth-order valence-corrected chi connectivity index (χ4v) is 5.04. The monoisotopic (exact) mass is 460 g/mol. The van der Waals surface area contributed by atoms with Crippen LogP contribution < -0.4 is 0 Å². The van der Waals surface area contributed by atoms with Crippen LogP contribution in [0.25, 0.3) is 0 Å². The fourth-order valence-electron chi connectivity index (χ4n) is 4.12. The number of amides is 2. The number of thiophene rings is 1. The molecule has 0 unspecified atom stereocenters. The van der Waals surface area contributed by atoms with Crippen molar-refractivity contribution in [1.29, 1.82) is 0 Å². The number of carbonyl (C=O) groups excluding carboxylic acids is 2. The second-order valence-corrected chi connectivity index (χ2v) is 9.49. The van der Waals surface area contributed by atoms with Gasteiger partial charge in [0, 0.05) is 31.0 Å². The van der Waals surface area contributed by atoms with Crippen molar-refractivity contribution in [2.45, 2.75) is 52.1 Å². The third-order valence-electron chi connectivity index (χ3n) is 6.10. The Hall–Kier alpha value is -2.25. The molecule has 0 saturated heterocycles. The van der Waals surface area contributed by atoms with E-state index >= 15 is 0 Å². The zero-order chi connectivity index (χ0) is 22.9. The maximum atomic E-state index is 13.4. The third kappa shape index (κ3) is 6.87. The molecule has 174 valence electrons. The molecule has 1 saturated carbocycles. The summed E-state index contributed by atoms with van der Waals surface area (Å²) in [5, 5.41) is 2.02. The molecule has 0 bridgehead atoms. The Morgan fingerprint density at radius 1 is 1.06 bits per heavy atom. The van der Waals surface area contributed by atoms with Crippen LogP contribution in [0.15, 0.2) is 35.7 Å². The normalized spacial score (nSPS) is 14.3. The maximum Gasteiger partial charge on any atom is 0.242 e. The molecule has 1 aliphatic carbocycles. The number of halogens is 1. The standard InChI is InChI=1S/C25H33FN2O3S/c1-19-12-15-32-23(19)17-28(16-20-8-10-22(26)11-9-20)24(29)18-27(13-14-31-2)25(30)21-6-4-3-5-7-21/h8-12,15,21H,3-7,13-14,16-18H2,1-2H3. The van der Waals surface area contributed by atoms with E-state index in [1.807, 2.05) is 18.4 Å². The molecule has 2 amide bonds. The largest absolute Gasteiger partial charge is 0.383 e. The topological polar surface area (TPSA) is 49.9 Å². The summed E-state index contributed by atoms with van der Waals surface area (Å²) in [6.07, 6.45) is 5.09. The zero-order valence-electron chi connectivity index (χ0n) is 19.0. The van der Waals surface area contributed by atoms with Crippen molar-refractivity contribution in [1.82, 2.24) is 9.80 Å². The van der Waals surface area contributed by atoms with Gasteiger partial charge in [-0.1, -0.05) is 31.4 Å². The molecule has 0 radical (unpaired) electrons. The molecular formula is C25H33FN2O3S. The van der Waals surface area contributed by atoms with E-state index in [1.54, 1.807) is 40.4 Å². The van der Waals surface area contributed by atoms with E-state index in [0.717, 1.165) is 41.7 Å². The van der Waals surface area contributed by atoms with Gasteiger partial charge in [0.05, 0.1) is 19.7 Å². The number of nitrogens with zero attached hydrogens (tertiary/aromatic N) is 2. The molecule has 3 rings (SSSR count). The number of methoxy groups -OCH3 is 1. The summed E-state index contributed by atoms with van der Waals surface area (Å²) in [4.78, 5) is 31.2. The van der Waals surface area contributed by atoms with Crippen molar-refractivity contribution in [3.8, 4) is 0 Å². The number of benzene rings is 1. The van der Waals surface area contributed by atoms with Crippen molar-refractivity contribution in [3.05, 3.63) is 57.5 Å². The molecule has 1 fully saturated rings. The van der Waals surface area contributed by atoms with Crippen molar-refractivity contribution < 1.29 is 18.7 Å². The minimum atomic E-state index is -0.301. The first-order valence-corrected chi connectivity index (χ1v) is 12.2. The minimum absolute atomic E-state index is 0.00139. The molecule has 0 spiro atoms. The van der Waals surface area contributed by atoms with Crippen LogP contribution in [0.5, 0.6) is 0 Å². The first-order valence-electron chi connectivity index (χ1n) is 11.3. The van der Waals surface area contributed by atoms with Crippen molar-refractivity contribution in [3.63, 3.8) is 0 Å². The summed E-state index contributed by atoms with van der Waals surface area (Å²) >= 11 is 1.62. The Bertz CT molecular complexity index is 878. The smallest absolute Gasteiger partial charge is 0.242 e. The number of hydrogen-bond donors (Lipinski definition) is 0. The highest BCUT2D eigenvalue weighted by Gasteiger charge is 2.28. The summed E-state index contributed by atoms with van der Waals surface area (Å²) in [5.74, 6) is -0.352. The van der Waals surface area contributed by atoms with Gasteiger partial charge in [0.25, 0.3) is 0 Å². The van der Waals surface area contributed by atoms with Gasteiger partial charge in [0.15, 0.2) is 0 Å². The van der Waals surface area contributed by atoms with Crippen LogP contribution in [0, 0.1) is 18.7 Å². The van der Waals surface area contributed by atoms with Crippen LogP contribution in [-0.4, -0.2) is 48.4 Å². The first-order chi connectivity index (χ1) is 15.5. The van der Waals surface area contributed by atoms with E-state index in [2.05, 4.69) is 0 Å². The van der Waals surface area contributed by atoms with Crippen LogP contribution in [-0.2, 0) is 27.4 Å². The molecule has 0 N–H and O–H groups in total. The molecule has 5 nitrogen and oxygen atoms in total. The molecule has 2 aromatic rings. The molecule has 32 heavy (non-hydrogen) atoms. The highest BCUT2D eigenvalue weighted by atomic mass is 32.1. The lowest BCUT2D eigenvalue weighted by Gasteiger charge is -2.31. The summed E-state index contributed by atoms with van der Waals surface area (Å²) in [6, 6.07) is 8.26. The van der Waals surface area contributed by atoms with Crippen LogP contribution in [0.2, 0.25) is 0 Å². The fraction of sp³-hybridized carbons (Fsp3) is 0.520. The van der Waals surface area contributed by atoms with Crippen LogP contribution in [0.3, 0.4) is 0 Å². The quantitative estimate of drug-likeness (QED) is 0.513. The van der Waals surface area contributed by atoms with Crippen LogP contribution in [0.4, 0.5) is 4.39 Å². The third-order valence-corrected chi connectivity index (χ3v) is 7.11. The van der Waals surface area contributed by atoms with Gasteiger partial charge in [-0.25, -0.2) is 4.39 Å². The van der Waals surface area contributed by atoms with Gasteiger partial charge in [-0.3, -0.25) is 9.59 Å². The Morgan fingerprint density at radius 2 is 1.78 bits per heavy atom. The van der Waals surface area contributed by atoms with Crippen molar-refractivity contribution >= 4 is 23.2 Å². The lowest BCUT2D eigenvalue weighted by Crippen LogP contribution is -2.46. The molecule has 0 aliphatic heterocycles. The Balaban J connectivity index is 1.76. The SMILES string of the molecule is COCCN(CC(=O)N(Cc1ccc(F)cc1)Cc1sccc1C)C(=O)C1CCCCC1. The van der Waals surface area contributed by atoms with Gasteiger partial charge in [-0.2, -0.15) is 0 Å². The molecule has 1 aromatic heterocycles. The second kappa shape index (κ2) is 12.1. The average molecular weight is 461 g/mol. The van der Waals surface area contributed by atoms with Crippen molar-refractivity contribution in [2.75, 3.05) is 26.8 Å². The van der Waals surface area contributed by atoms with Gasteiger partial charge in [-0.05, 0) is 54.5 Å². The second-order valence-electron chi connectivity index (χ2n) is 8.49. The molecule has 7 heteroatoms. The van der Waals surface area contributed by atoms with E-state index in [1.165, 1.54) is 18.6 Å². The summed E-state index contributed by atoms with van der Waals surface area (Å²) in [5.41, 5.74) is 2.00. The molecule has 0 atom stereocenters. The van der Waals surface area contributed by atoms with E-state index in [4.69, 9.17) is 4.74 Å². The van der Waals surface area contributed by atoms with Gasteiger partial charge < -0.3 is 14.5 Å². The minimum Gasteiger partial charge on any atom is -0.383 e. The van der Waals surface area contributed by atoms with Gasteiger partial charge in [-0.15, -0.1) is 11.3 Å². The first kappa shape index (κ1) is 24.4. The highest BCUT2D eigenvalue weighted by Crippen LogP contribution is 2.26. The maximum absolute atomic E-state index is 13.4. The molecule has 1 heterocycles. The summed E-state index contributed by atoms with van der Waals surface area (Å²) in [7, 11) is 1.60. The predicted molar refractivity (Wildman–Crippen MR) is 125 cm³/mol. The highest BCUT2D eigenvalue weighted by molar-refractivity contribution is 7.10. The number of aryl methyl sites for hydroxylation is 1. The van der Waals surface area contributed by atoms with Gasteiger partial charge in [0.1, 0.15) is 5.82 Å². The lowest BCUT2D eigenvalue weighted by molar-refractivity contribution is -0.144. The molecular weight excluding hydrogens is 427 g/mol. The van der Waals surface area contributed by atoms with Crippen LogP contribution >= 0.6 is 11.3 Å². The van der Waals surface area contributed by atoms with E-state index in [9.17, 15) is 14.0 Å². The number of carbonyl (C=O) groups is 2. The van der Waals surface area contributed by atoms with Gasteiger partial charge in [0.2, 0.25) is 11.8 Å². The number of ether oxygens (including phenoxy) is 1. The predicted octanol–water partition coefficient (Wildman–Crippen LogP) is 4.78. The number of rotatable bonds is 10. The Morgan fingerprint density at radius 3 is 2.41 bits per heavy atom. The summed E-state index contributed by atoms with van der Waals surface area (Å²) in [6.45, 7) is 3.70. The Kier molecular flexibility index (Phi) is 9.23. The average Bonchev–Trinajstić information content (AvgIpc) is 3.21. The lowest BCUT2D eigenvalue weighted by atomic mass is 9.88. The van der Waals surface area contributed by atoms with Crippen LogP contribution in [0.1, 0.15) is 48.1 Å². The van der Waals surface area contributed by atoms with E-state index in [-0.39, 0.29) is 30.1 Å². The molecule has 1 aliphatic rings. The number of hydrogen-bond acceptors (Lipinski definition) is 4. The molecule has 1 aromatic carbocycles. The summed E-state index contributed by atoms with van der Waals surface area (Å²) < 4.78 is 18.6. The van der Waals surface area contributed by atoms with Crippen molar-refractivity contribution in [2.24, 2.45) is 5.92 Å². The van der Waals surface area contributed by atoms with Gasteiger partial charge >= 0.3 is 0 Å².